The van der Waals surface area contributed by atoms with Crippen LogP contribution in [0, 0.1) is 0 Å². The summed E-state index contributed by atoms with van der Waals surface area (Å²) in [5, 5.41) is 0. The Labute approximate surface area is 118 Å². The molecule has 0 unspecified atom stereocenters. The monoisotopic (exact) mass is 268 g/mol. The summed E-state index contributed by atoms with van der Waals surface area (Å²) in [5.41, 5.74) is 1.94. The van der Waals surface area contributed by atoms with Gasteiger partial charge in [-0.1, -0.05) is 0 Å². The van der Waals surface area contributed by atoms with Crippen molar-refractivity contribution in [2.24, 2.45) is 0 Å². The molecule has 3 rings (SSSR count). The summed E-state index contributed by atoms with van der Waals surface area (Å²) in [4.78, 5) is 11.8. The largest absolute Gasteiger partial charge is 0.497 e. The molecule has 0 heterocycles. The van der Waals surface area contributed by atoms with Crippen molar-refractivity contribution >= 4 is 5.78 Å². The van der Waals surface area contributed by atoms with Crippen molar-refractivity contribution in [2.45, 2.75) is 19.3 Å². The molecule has 0 radical (unpaired) electrons. The Morgan fingerprint density at radius 3 is 2.35 bits per heavy atom. The van der Waals surface area contributed by atoms with Gasteiger partial charge in [-0.2, -0.15) is 0 Å². The topological polar surface area (TPSA) is 35.5 Å². The van der Waals surface area contributed by atoms with Gasteiger partial charge >= 0.3 is 0 Å². The van der Waals surface area contributed by atoms with Crippen LogP contribution in [0.15, 0.2) is 42.5 Å². The fourth-order valence-corrected chi connectivity index (χ4v) is 2.47. The number of hydrogen-bond acceptors (Lipinski definition) is 3. The molecule has 0 spiro atoms. The Hall–Kier alpha value is -2.29. The van der Waals surface area contributed by atoms with E-state index in [2.05, 4.69) is 0 Å². The van der Waals surface area contributed by atoms with Gasteiger partial charge in [-0.3, -0.25) is 4.79 Å². The van der Waals surface area contributed by atoms with E-state index in [1.54, 1.807) is 7.11 Å². The summed E-state index contributed by atoms with van der Waals surface area (Å²) < 4.78 is 10.9. The highest BCUT2D eigenvalue weighted by Crippen LogP contribution is 2.29. The quantitative estimate of drug-likeness (QED) is 0.843. The number of aryl methyl sites for hydroxylation is 1. The smallest absolute Gasteiger partial charge is 0.163 e. The first-order valence-electron chi connectivity index (χ1n) is 6.74. The summed E-state index contributed by atoms with van der Waals surface area (Å²) in [6, 6.07) is 13.1. The third-order valence-electron chi connectivity index (χ3n) is 3.52. The highest BCUT2D eigenvalue weighted by Gasteiger charge is 2.17. The molecule has 0 aliphatic heterocycles. The van der Waals surface area contributed by atoms with E-state index in [0.29, 0.717) is 6.42 Å². The standard InChI is InChI=1S/C17H16O3/c1-19-13-5-7-14(8-6-13)20-15-9-10-16-12(11-15)3-2-4-17(16)18/h5-11H,2-4H2,1H3. The Morgan fingerprint density at radius 1 is 0.900 bits per heavy atom. The molecule has 3 nitrogen and oxygen atoms in total. The second-order valence-corrected chi connectivity index (χ2v) is 4.87. The number of rotatable bonds is 3. The molecule has 0 aromatic heterocycles. The van der Waals surface area contributed by atoms with Gasteiger partial charge in [-0.25, -0.2) is 0 Å². The number of ether oxygens (including phenoxy) is 2. The molecule has 0 atom stereocenters. The SMILES string of the molecule is COc1ccc(Oc2ccc3c(c2)CCCC3=O)cc1. The second kappa shape index (κ2) is 5.37. The van der Waals surface area contributed by atoms with Gasteiger partial charge in [0.2, 0.25) is 0 Å². The predicted octanol–water partition coefficient (Wildman–Crippen LogP) is 4.01. The van der Waals surface area contributed by atoms with Crippen molar-refractivity contribution in [3.63, 3.8) is 0 Å². The van der Waals surface area contributed by atoms with Gasteiger partial charge in [-0.15, -0.1) is 0 Å². The normalized spacial score (nSPS) is 13.8. The first-order valence-corrected chi connectivity index (χ1v) is 6.74. The highest BCUT2D eigenvalue weighted by atomic mass is 16.5. The molecular formula is C17H16O3. The number of fused-ring (bicyclic) bond motifs is 1. The summed E-state index contributed by atoms with van der Waals surface area (Å²) in [6.07, 6.45) is 2.53. The van der Waals surface area contributed by atoms with Crippen LogP contribution in [0.1, 0.15) is 28.8 Å². The molecule has 0 N–H and O–H groups in total. The van der Waals surface area contributed by atoms with Crippen molar-refractivity contribution in [3.05, 3.63) is 53.6 Å². The van der Waals surface area contributed by atoms with Crippen molar-refractivity contribution in [1.29, 1.82) is 0 Å². The van der Waals surface area contributed by atoms with E-state index in [9.17, 15) is 4.79 Å². The average molecular weight is 268 g/mol. The van der Waals surface area contributed by atoms with E-state index in [0.717, 1.165) is 41.2 Å². The molecular weight excluding hydrogens is 252 g/mol. The number of hydrogen-bond donors (Lipinski definition) is 0. The molecule has 2 aromatic rings. The zero-order valence-electron chi connectivity index (χ0n) is 11.4. The maximum absolute atomic E-state index is 11.8. The van der Waals surface area contributed by atoms with Gasteiger partial charge in [0.1, 0.15) is 17.2 Å². The van der Waals surface area contributed by atoms with Crippen LogP contribution in [0.25, 0.3) is 0 Å². The molecule has 20 heavy (non-hydrogen) atoms. The summed E-state index contributed by atoms with van der Waals surface area (Å²) in [7, 11) is 1.64. The lowest BCUT2D eigenvalue weighted by molar-refractivity contribution is 0.0972. The number of methoxy groups -OCH3 is 1. The second-order valence-electron chi connectivity index (χ2n) is 4.87. The first-order chi connectivity index (χ1) is 9.76. The number of carbonyl (C=O) groups excluding carboxylic acids is 1. The lowest BCUT2D eigenvalue weighted by Crippen LogP contribution is -2.10. The minimum Gasteiger partial charge on any atom is -0.497 e. The number of benzene rings is 2. The molecule has 1 aliphatic carbocycles. The highest BCUT2D eigenvalue weighted by molar-refractivity contribution is 5.98. The Bertz CT molecular complexity index is 629. The third kappa shape index (κ3) is 2.52. The molecule has 0 fully saturated rings. The number of Topliss-reactive ketones (excluding diaryl/α,β-unsaturated/α-hetero) is 1. The van der Waals surface area contributed by atoms with Crippen LogP contribution in [-0.2, 0) is 6.42 Å². The lowest BCUT2D eigenvalue weighted by Gasteiger charge is -2.15. The first kappa shape index (κ1) is 12.7. The van der Waals surface area contributed by atoms with E-state index in [1.165, 1.54) is 0 Å². The van der Waals surface area contributed by atoms with E-state index in [4.69, 9.17) is 9.47 Å². The minimum absolute atomic E-state index is 0.238. The van der Waals surface area contributed by atoms with Crippen LogP contribution < -0.4 is 9.47 Å². The van der Waals surface area contributed by atoms with Crippen molar-refractivity contribution < 1.29 is 14.3 Å². The molecule has 102 valence electrons. The van der Waals surface area contributed by atoms with Crippen molar-refractivity contribution in [1.82, 2.24) is 0 Å². The fourth-order valence-electron chi connectivity index (χ4n) is 2.47. The summed E-state index contributed by atoms with van der Waals surface area (Å²) in [6.45, 7) is 0. The summed E-state index contributed by atoms with van der Waals surface area (Å²) in [5.74, 6) is 2.56. The number of carbonyl (C=O) groups is 1. The predicted molar refractivity (Wildman–Crippen MR) is 76.8 cm³/mol. The molecule has 2 aromatic carbocycles. The Kier molecular flexibility index (Phi) is 3.42. The molecule has 0 amide bonds. The van der Waals surface area contributed by atoms with Gasteiger partial charge in [-0.05, 0) is 60.9 Å². The Balaban J connectivity index is 1.82. The molecule has 0 bridgehead atoms. The number of ketones is 1. The van der Waals surface area contributed by atoms with Crippen LogP contribution in [0.5, 0.6) is 17.2 Å². The van der Waals surface area contributed by atoms with E-state index in [-0.39, 0.29) is 5.78 Å². The van der Waals surface area contributed by atoms with Crippen molar-refractivity contribution in [2.75, 3.05) is 7.11 Å². The Morgan fingerprint density at radius 2 is 1.60 bits per heavy atom. The van der Waals surface area contributed by atoms with Gasteiger partial charge < -0.3 is 9.47 Å². The molecule has 3 heteroatoms. The molecule has 1 aliphatic rings. The van der Waals surface area contributed by atoms with E-state index >= 15 is 0 Å². The van der Waals surface area contributed by atoms with Gasteiger partial charge in [0.15, 0.2) is 5.78 Å². The summed E-state index contributed by atoms with van der Waals surface area (Å²) >= 11 is 0. The zero-order chi connectivity index (χ0) is 13.9. The van der Waals surface area contributed by atoms with Crippen LogP contribution in [0.2, 0.25) is 0 Å². The van der Waals surface area contributed by atoms with Crippen LogP contribution in [0.4, 0.5) is 0 Å². The zero-order valence-corrected chi connectivity index (χ0v) is 11.4. The lowest BCUT2D eigenvalue weighted by atomic mass is 9.90. The van der Waals surface area contributed by atoms with Crippen LogP contribution in [0.3, 0.4) is 0 Å². The maximum Gasteiger partial charge on any atom is 0.163 e. The van der Waals surface area contributed by atoms with Crippen molar-refractivity contribution in [3.8, 4) is 17.2 Å². The van der Waals surface area contributed by atoms with E-state index < -0.39 is 0 Å². The van der Waals surface area contributed by atoms with Crippen LogP contribution in [-0.4, -0.2) is 12.9 Å². The van der Waals surface area contributed by atoms with Gasteiger partial charge in [0, 0.05) is 12.0 Å². The van der Waals surface area contributed by atoms with Gasteiger partial charge in [0.25, 0.3) is 0 Å². The maximum atomic E-state index is 11.8. The third-order valence-corrected chi connectivity index (χ3v) is 3.52. The van der Waals surface area contributed by atoms with Gasteiger partial charge in [0.05, 0.1) is 7.11 Å². The van der Waals surface area contributed by atoms with Crippen LogP contribution >= 0.6 is 0 Å². The fraction of sp³-hybridized carbons (Fsp3) is 0.235. The molecule has 0 saturated carbocycles. The molecule has 0 saturated heterocycles. The van der Waals surface area contributed by atoms with E-state index in [1.807, 2.05) is 42.5 Å². The average Bonchev–Trinajstić information content (AvgIpc) is 2.48. The minimum atomic E-state index is 0.238.